The minimum absolute atomic E-state index is 0.768. The van der Waals surface area contributed by atoms with Crippen LogP contribution in [0.25, 0.3) is 10.9 Å². The highest BCUT2D eigenvalue weighted by atomic mass is 127. The van der Waals surface area contributed by atoms with Gasteiger partial charge in [-0.1, -0.05) is 18.2 Å². The molecule has 0 saturated heterocycles. The van der Waals surface area contributed by atoms with Crippen molar-refractivity contribution in [2.24, 2.45) is 0 Å². The van der Waals surface area contributed by atoms with Crippen molar-refractivity contribution in [3.63, 3.8) is 0 Å². The number of hydrogen-bond acceptors (Lipinski definition) is 2. The van der Waals surface area contributed by atoms with E-state index in [0.29, 0.717) is 0 Å². The van der Waals surface area contributed by atoms with Crippen molar-refractivity contribution < 1.29 is 9.47 Å². The second-order valence-corrected chi connectivity index (χ2v) is 6.42. The zero-order valence-electron chi connectivity index (χ0n) is 12.9. The summed E-state index contributed by atoms with van der Waals surface area (Å²) in [6.45, 7) is 2.96. The number of benzene rings is 2. The first kappa shape index (κ1) is 15.2. The minimum Gasteiger partial charge on any atom is -0.493 e. The summed E-state index contributed by atoms with van der Waals surface area (Å²) in [4.78, 5) is 0. The number of aromatic nitrogens is 1. The summed E-state index contributed by atoms with van der Waals surface area (Å²) in [5.41, 5.74) is 3.77. The molecule has 22 heavy (non-hydrogen) atoms. The highest BCUT2D eigenvalue weighted by Gasteiger charge is 2.11. The number of nitrogens with zero attached hydrogens (tertiary/aromatic N) is 1. The molecule has 114 valence electrons. The van der Waals surface area contributed by atoms with Gasteiger partial charge >= 0.3 is 0 Å². The quantitative estimate of drug-likeness (QED) is 0.590. The van der Waals surface area contributed by atoms with Gasteiger partial charge in [0, 0.05) is 27.2 Å². The van der Waals surface area contributed by atoms with E-state index in [1.54, 1.807) is 14.2 Å². The van der Waals surface area contributed by atoms with Crippen LogP contribution in [-0.2, 0) is 6.54 Å². The molecule has 3 nitrogen and oxygen atoms in total. The van der Waals surface area contributed by atoms with Crippen molar-refractivity contribution >= 4 is 33.5 Å². The van der Waals surface area contributed by atoms with E-state index in [1.165, 1.54) is 25.6 Å². The maximum absolute atomic E-state index is 5.42. The summed E-state index contributed by atoms with van der Waals surface area (Å²) in [6.07, 6.45) is 2.21. The van der Waals surface area contributed by atoms with Crippen LogP contribution in [0.3, 0.4) is 0 Å². The molecule has 0 radical (unpaired) electrons. The zero-order valence-corrected chi connectivity index (χ0v) is 15.0. The lowest BCUT2D eigenvalue weighted by Gasteiger charge is -2.13. The van der Waals surface area contributed by atoms with Crippen LogP contribution in [0, 0.1) is 10.5 Å². The fourth-order valence-electron chi connectivity index (χ4n) is 2.76. The summed E-state index contributed by atoms with van der Waals surface area (Å²) in [6, 6.07) is 12.6. The average Bonchev–Trinajstić information content (AvgIpc) is 2.85. The first-order valence-corrected chi connectivity index (χ1v) is 8.16. The van der Waals surface area contributed by atoms with E-state index >= 15 is 0 Å². The number of hydrogen-bond donors (Lipinski definition) is 0. The van der Waals surface area contributed by atoms with Gasteiger partial charge in [0.1, 0.15) is 0 Å². The standard InChI is InChI=1S/C18H18INO2/c1-12-10-20(16-7-5-4-6-14(12)16)11-13-8-17(21-2)18(22-3)9-15(13)19/h4-10H,11H2,1-3H3. The molecule has 4 heteroatoms. The van der Waals surface area contributed by atoms with Gasteiger partial charge in [0.2, 0.25) is 0 Å². The van der Waals surface area contributed by atoms with E-state index in [1.807, 2.05) is 6.07 Å². The van der Waals surface area contributed by atoms with Crippen molar-refractivity contribution in [2.45, 2.75) is 13.5 Å². The van der Waals surface area contributed by atoms with Gasteiger partial charge in [0.25, 0.3) is 0 Å². The van der Waals surface area contributed by atoms with Crippen LogP contribution in [-0.4, -0.2) is 18.8 Å². The lowest BCUT2D eigenvalue weighted by Crippen LogP contribution is -2.02. The van der Waals surface area contributed by atoms with E-state index in [-0.39, 0.29) is 0 Å². The molecule has 0 aliphatic carbocycles. The van der Waals surface area contributed by atoms with Gasteiger partial charge in [0.15, 0.2) is 11.5 Å². The van der Waals surface area contributed by atoms with Gasteiger partial charge in [-0.15, -0.1) is 0 Å². The summed E-state index contributed by atoms with van der Waals surface area (Å²) >= 11 is 2.35. The van der Waals surface area contributed by atoms with E-state index in [2.05, 4.69) is 70.6 Å². The van der Waals surface area contributed by atoms with Crippen molar-refractivity contribution in [1.82, 2.24) is 4.57 Å². The van der Waals surface area contributed by atoms with Crippen molar-refractivity contribution in [2.75, 3.05) is 14.2 Å². The fourth-order valence-corrected chi connectivity index (χ4v) is 3.37. The third-order valence-corrected chi connectivity index (χ3v) is 4.89. The molecule has 0 amide bonds. The van der Waals surface area contributed by atoms with Crippen molar-refractivity contribution in [1.29, 1.82) is 0 Å². The lowest BCUT2D eigenvalue weighted by atomic mass is 10.2. The smallest absolute Gasteiger partial charge is 0.161 e. The van der Waals surface area contributed by atoms with Crippen molar-refractivity contribution in [3.05, 3.63) is 57.3 Å². The SMILES string of the molecule is COc1cc(I)c(Cn2cc(C)c3ccccc32)cc1OC. The third kappa shape index (κ3) is 2.67. The molecule has 0 bridgehead atoms. The number of halogens is 1. The normalized spacial score (nSPS) is 10.9. The average molecular weight is 407 g/mol. The van der Waals surface area contributed by atoms with Gasteiger partial charge in [0.05, 0.1) is 14.2 Å². The molecule has 3 rings (SSSR count). The first-order chi connectivity index (χ1) is 10.6. The number of aryl methyl sites for hydroxylation is 1. The number of methoxy groups -OCH3 is 2. The number of fused-ring (bicyclic) bond motifs is 1. The minimum atomic E-state index is 0.768. The highest BCUT2D eigenvalue weighted by molar-refractivity contribution is 14.1. The monoisotopic (exact) mass is 407 g/mol. The van der Waals surface area contributed by atoms with Crippen LogP contribution < -0.4 is 9.47 Å². The molecule has 2 aromatic carbocycles. The third-order valence-electron chi connectivity index (χ3n) is 3.88. The molecular formula is C18H18INO2. The molecule has 0 unspecified atom stereocenters. The topological polar surface area (TPSA) is 23.4 Å². The summed E-state index contributed by atoms with van der Waals surface area (Å²) in [5, 5.41) is 1.30. The van der Waals surface area contributed by atoms with E-state index in [9.17, 15) is 0 Å². The summed E-state index contributed by atoms with van der Waals surface area (Å²) < 4.78 is 14.2. The Morgan fingerprint density at radius 1 is 1.05 bits per heavy atom. The van der Waals surface area contributed by atoms with E-state index in [0.717, 1.165) is 18.0 Å². The predicted octanol–water partition coefficient (Wildman–Crippen LogP) is 4.62. The van der Waals surface area contributed by atoms with E-state index in [4.69, 9.17) is 9.47 Å². The molecule has 1 heterocycles. The van der Waals surface area contributed by atoms with Crippen LogP contribution in [0.4, 0.5) is 0 Å². The number of para-hydroxylation sites is 1. The maximum atomic E-state index is 5.42. The molecule has 3 aromatic rings. The Morgan fingerprint density at radius 2 is 1.73 bits per heavy atom. The Balaban J connectivity index is 2.05. The molecule has 0 atom stereocenters. The second-order valence-electron chi connectivity index (χ2n) is 5.26. The van der Waals surface area contributed by atoms with Gasteiger partial charge in [-0.3, -0.25) is 0 Å². The lowest BCUT2D eigenvalue weighted by molar-refractivity contribution is 0.354. The summed E-state index contributed by atoms with van der Waals surface area (Å²) in [7, 11) is 3.33. The first-order valence-electron chi connectivity index (χ1n) is 7.09. The largest absolute Gasteiger partial charge is 0.493 e. The van der Waals surface area contributed by atoms with Crippen LogP contribution in [0.15, 0.2) is 42.6 Å². The Morgan fingerprint density at radius 3 is 2.45 bits per heavy atom. The summed E-state index contributed by atoms with van der Waals surface area (Å²) in [5.74, 6) is 1.54. The fraction of sp³-hybridized carbons (Fsp3) is 0.222. The van der Waals surface area contributed by atoms with Gasteiger partial charge in [-0.25, -0.2) is 0 Å². The van der Waals surface area contributed by atoms with E-state index < -0.39 is 0 Å². The van der Waals surface area contributed by atoms with Crippen LogP contribution >= 0.6 is 22.6 Å². The van der Waals surface area contributed by atoms with Crippen molar-refractivity contribution in [3.8, 4) is 11.5 Å². The predicted molar refractivity (Wildman–Crippen MR) is 98.0 cm³/mol. The molecule has 0 saturated carbocycles. The molecular weight excluding hydrogens is 389 g/mol. The van der Waals surface area contributed by atoms with Crippen LogP contribution in [0.1, 0.15) is 11.1 Å². The second kappa shape index (κ2) is 6.20. The van der Waals surface area contributed by atoms with Gasteiger partial charge < -0.3 is 14.0 Å². The molecule has 1 aromatic heterocycles. The Bertz CT molecular complexity index is 823. The van der Waals surface area contributed by atoms with Crippen LogP contribution in [0.5, 0.6) is 11.5 Å². The molecule has 0 N–H and O–H groups in total. The number of rotatable bonds is 4. The Labute approximate surface area is 144 Å². The molecule has 0 fully saturated rings. The highest BCUT2D eigenvalue weighted by Crippen LogP contribution is 2.32. The number of ether oxygens (including phenoxy) is 2. The molecule has 0 aliphatic heterocycles. The Kier molecular flexibility index (Phi) is 4.29. The molecule has 0 spiro atoms. The maximum Gasteiger partial charge on any atom is 0.161 e. The zero-order chi connectivity index (χ0) is 15.7. The van der Waals surface area contributed by atoms with Gasteiger partial charge in [-0.2, -0.15) is 0 Å². The Hall–Kier alpha value is -1.69. The van der Waals surface area contributed by atoms with Gasteiger partial charge in [-0.05, 0) is 58.8 Å². The van der Waals surface area contributed by atoms with Crippen LogP contribution in [0.2, 0.25) is 0 Å². The molecule has 0 aliphatic rings.